The van der Waals surface area contributed by atoms with Gasteiger partial charge in [0.2, 0.25) is 0 Å². The summed E-state index contributed by atoms with van der Waals surface area (Å²) in [7, 11) is 0. The molecule has 2 nitrogen and oxygen atoms in total. The maximum atomic E-state index is 13.4. The molecule has 0 atom stereocenters. The summed E-state index contributed by atoms with van der Waals surface area (Å²) in [4.78, 5) is 11.9. The molecular weight excluding hydrogens is 262 g/mol. The first-order chi connectivity index (χ1) is 9.51. The second-order valence-electron chi connectivity index (χ2n) is 4.45. The Morgan fingerprint density at radius 2 is 1.65 bits per heavy atom. The first kappa shape index (κ1) is 14.2. The second-order valence-corrected chi connectivity index (χ2v) is 4.45. The summed E-state index contributed by atoms with van der Waals surface area (Å²) in [6.07, 6.45) is 0.865. The average Bonchev–Trinajstić information content (AvgIpc) is 2.44. The van der Waals surface area contributed by atoms with Crippen LogP contribution in [-0.2, 0) is 6.42 Å². The summed E-state index contributed by atoms with van der Waals surface area (Å²) in [6, 6.07) is 8.87. The van der Waals surface area contributed by atoms with E-state index >= 15 is 0 Å². The Kier molecular flexibility index (Phi) is 4.13. The standard InChI is InChI=1S/C16H14F2O2/c1-3-11-4-6-12(7-5-11)16(19)20-13-8-14(17)10(2)15(18)9-13/h4-9H,3H2,1-2H3. The van der Waals surface area contributed by atoms with Crippen LogP contribution in [0.25, 0.3) is 0 Å². The Hall–Kier alpha value is -2.23. The topological polar surface area (TPSA) is 26.3 Å². The number of carbonyl (C=O) groups excluding carboxylic acids is 1. The smallest absolute Gasteiger partial charge is 0.343 e. The number of esters is 1. The largest absolute Gasteiger partial charge is 0.423 e. The highest BCUT2D eigenvalue weighted by atomic mass is 19.1. The fourth-order valence-electron chi connectivity index (χ4n) is 1.72. The maximum Gasteiger partial charge on any atom is 0.343 e. The quantitative estimate of drug-likeness (QED) is 0.624. The van der Waals surface area contributed by atoms with Crippen molar-refractivity contribution in [2.24, 2.45) is 0 Å². The van der Waals surface area contributed by atoms with Crippen molar-refractivity contribution in [3.8, 4) is 5.75 Å². The van der Waals surface area contributed by atoms with Gasteiger partial charge in [-0.05, 0) is 31.0 Å². The Morgan fingerprint density at radius 1 is 1.10 bits per heavy atom. The van der Waals surface area contributed by atoms with Crippen LogP contribution in [0, 0.1) is 18.6 Å². The van der Waals surface area contributed by atoms with Gasteiger partial charge in [-0.15, -0.1) is 0 Å². The number of rotatable bonds is 3. The van der Waals surface area contributed by atoms with Gasteiger partial charge >= 0.3 is 5.97 Å². The van der Waals surface area contributed by atoms with Gasteiger partial charge in [0, 0.05) is 17.7 Å². The predicted molar refractivity (Wildman–Crippen MR) is 71.9 cm³/mol. The summed E-state index contributed by atoms with van der Waals surface area (Å²) in [5, 5.41) is 0. The molecule has 0 N–H and O–H groups in total. The Balaban J connectivity index is 2.18. The lowest BCUT2D eigenvalue weighted by atomic mass is 10.1. The number of hydrogen-bond donors (Lipinski definition) is 0. The molecule has 2 rings (SSSR count). The van der Waals surface area contributed by atoms with Crippen molar-refractivity contribution in [1.82, 2.24) is 0 Å². The number of hydrogen-bond acceptors (Lipinski definition) is 2. The van der Waals surface area contributed by atoms with Gasteiger partial charge in [-0.2, -0.15) is 0 Å². The minimum Gasteiger partial charge on any atom is -0.423 e. The summed E-state index contributed by atoms with van der Waals surface area (Å²) >= 11 is 0. The fraction of sp³-hybridized carbons (Fsp3) is 0.188. The molecular formula is C16H14F2O2. The van der Waals surface area contributed by atoms with Crippen LogP contribution >= 0.6 is 0 Å². The van der Waals surface area contributed by atoms with Gasteiger partial charge in [0.05, 0.1) is 5.56 Å². The maximum absolute atomic E-state index is 13.4. The van der Waals surface area contributed by atoms with E-state index in [0.29, 0.717) is 5.56 Å². The van der Waals surface area contributed by atoms with E-state index in [0.717, 1.165) is 24.1 Å². The summed E-state index contributed by atoms with van der Waals surface area (Å²) in [6.45, 7) is 3.32. The monoisotopic (exact) mass is 276 g/mol. The Morgan fingerprint density at radius 3 is 2.15 bits per heavy atom. The van der Waals surface area contributed by atoms with E-state index in [2.05, 4.69) is 0 Å². The number of ether oxygens (including phenoxy) is 1. The normalized spacial score (nSPS) is 10.4. The Bertz CT molecular complexity index is 610. The van der Waals surface area contributed by atoms with Crippen molar-refractivity contribution < 1.29 is 18.3 Å². The number of halogens is 2. The van der Waals surface area contributed by atoms with Crippen LogP contribution in [0.15, 0.2) is 36.4 Å². The minimum atomic E-state index is -0.742. The molecule has 0 aromatic heterocycles. The zero-order valence-electron chi connectivity index (χ0n) is 11.2. The zero-order chi connectivity index (χ0) is 14.7. The molecule has 0 spiro atoms. The highest BCUT2D eigenvalue weighted by Crippen LogP contribution is 2.21. The van der Waals surface area contributed by atoms with Crippen molar-refractivity contribution >= 4 is 5.97 Å². The second kappa shape index (κ2) is 5.82. The van der Waals surface area contributed by atoms with Crippen LogP contribution in [0.3, 0.4) is 0 Å². The first-order valence-corrected chi connectivity index (χ1v) is 6.28. The molecule has 0 aliphatic heterocycles. The molecule has 0 aliphatic carbocycles. The lowest BCUT2D eigenvalue weighted by Crippen LogP contribution is -2.09. The molecule has 20 heavy (non-hydrogen) atoms. The molecule has 0 radical (unpaired) electrons. The van der Waals surface area contributed by atoms with E-state index in [1.807, 2.05) is 19.1 Å². The van der Waals surface area contributed by atoms with Crippen LogP contribution in [-0.4, -0.2) is 5.97 Å². The summed E-state index contributed by atoms with van der Waals surface area (Å²) in [5.74, 6) is -2.27. The van der Waals surface area contributed by atoms with Gasteiger partial charge in [-0.1, -0.05) is 19.1 Å². The number of carbonyl (C=O) groups is 1. The van der Waals surface area contributed by atoms with Crippen molar-refractivity contribution in [2.45, 2.75) is 20.3 Å². The molecule has 0 unspecified atom stereocenters. The van der Waals surface area contributed by atoms with Crippen LogP contribution in [0.1, 0.15) is 28.4 Å². The van der Waals surface area contributed by atoms with Crippen LogP contribution < -0.4 is 4.74 Å². The molecule has 2 aromatic rings. The molecule has 0 aliphatic rings. The number of aryl methyl sites for hydroxylation is 1. The van der Waals surface area contributed by atoms with Crippen LogP contribution in [0.2, 0.25) is 0 Å². The molecule has 104 valence electrons. The van der Waals surface area contributed by atoms with Gasteiger partial charge in [-0.25, -0.2) is 13.6 Å². The predicted octanol–water partition coefficient (Wildman–Crippen LogP) is 4.05. The molecule has 0 bridgehead atoms. The van der Waals surface area contributed by atoms with Gasteiger partial charge in [-0.3, -0.25) is 0 Å². The van der Waals surface area contributed by atoms with E-state index in [-0.39, 0.29) is 11.3 Å². The molecule has 0 amide bonds. The third-order valence-corrected chi connectivity index (χ3v) is 3.06. The summed E-state index contributed by atoms with van der Waals surface area (Å²) in [5.41, 5.74) is 1.33. The van der Waals surface area contributed by atoms with E-state index in [1.165, 1.54) is 6.92 Å². The average molecular weight is 276 g/mol. The summed E-state index contributed by atoms with van der Waals surface area (Å²) < 4.78 is 31.7. The zero-order valence-corrected chi connectivity index (χ0v) is 11.2. The lowest BCUT2D eigenvalue weighted by molar-refractivity contribution is 0.0734. The molecule has 4 heteroatoms. The van der Waals surface area contributed by atoms with E-state index < -0.39 is 17.6 Å². The van der Waals surface area contributed by atoms with Gasteiger partial charge < -0.3 is 4.74 Å². The Labute approximate surface area is 116 Å². The van der Waals surface area contributed by atoms with Crippen molar-refractivity contribution in [2.75, 3.05) is 0 Å². The third-order valence-electron chi connectivity index (χ3n) is 3.06. The van der Waals surface area contributed by atoms with Crippen LogP contribution in [0.4, 0.5) is 8.78 Å². The lowest BCUT2D eigenvalue weighted by Gasteiger charge is -2.07. The SMILES string of the molecule is CCc1ccc(C(=O)Oc2cc(F)c(C)c(F)c2)cc1. The molecule has 0 heterocycles. The van der Waals surface area contributed by atoms with E-state index in [1.54, 1.807) is 12.1 Å². The highest BCUT2D eigenvalue weighted by Gasteiger charge is 2.12. The van der Waals surface area contributed by atoms with Gasteiger partial charge in [0.25, 0.3) is 0 Å². The number of benzene rings is 2. The molecule has 0 saturated heterocycles. The van der Waals surface area contributed by atoms with Gasteiger partial charge in [0.1, 0.15) is 17.4 Å². The first-order valence-electron chi connectivity index (χ1n) is 6.28. The fourth-order valence-corrected chi connectivity index (χ4v) is 1.72. The highest BCUT2D eigenvalue weighted by molar-refractivity contribution is 5.91. The minimum absolute atomic E-state index is 0.0999. The van der Waals surface area contributed by atoms with Crippen molar-refractivity contribution in [1.29, 1.82) is 0 Å². The van der Waals surface area contributed by atoms with Crippen LogP contribution in [0.5, 0.6) is 5.75 Å². The molecule has 2 aromatic carbocycles. The third kappa shape index (κ3) is 3.02. The van der Waals surface area contributed by atoms with Crippen molar-refractivity contribution in [3.05, 3.63) is 64.7 Å². The van der Waals surface area contributed by atoms with E-state index in [9.17, 15) is 13.6 Å². The molecule has 0 fully saturated rings. The van der Waals surface area contributed by atoms with Crippen molar-refractivity contribution in [3.63, 3.8) is 0 Å². The van der Waals surface area contributed by atoms with E-state index in [4.69, 9.17) is 4.74 Å². The van der Waals surface area contributed by atoms with Gasteiger partial charge in [0.15, 0.2) is 0 Å². The molecule has 0 saturated carbocycles.